The number of aliphatic hydroxyl groups is 1. The van der Waals surface area contributed by atoms with Gasteiger partial charge in [-0.3, -0.25) is 0 Å². The van der Waals surface area contributed by atoms with Crippen molar-refractivity contribution in [3.8, 4) is 0 Å². The largest absolute Gasteiger partial charge is 0.399 e. The molecule has 1 aromatic rings. The van der Waals surface area contributed by atoms with E-state index < -0.39 is 11.6 Å². The standard InChI is InChI=1S/C11H16F2N2O/c1-6(5-16)7(2)15-11-9(12)3-8(14)4-10(11)13/h3-4,6-7,15-16H,5,14H2,1-2H3. The van der Waals surface area contributed by atoms with Crippen LogP contribution in [0.3, 0.4) is 0 Å². The molecule has 0 amide bonds. The Bertz CT molecular complexity index is 348. The molecular formula is C11H16F2N2O. The van der Waals surface area contributed by atoms with Gasteiger partial charge in [0, 0.05) is 18.3 Å². The number of anilines is 2. The molecule has 3 nitrogen and oxygen atoms in total. The molecule has 5 heteroatoms. The first-order valence-electron chi connectivity index (χ1n) is 5.07. The lowest BCUT2D eigenvalue weighted by atomic mass is 10.0. The molecule has 0 heterocycles. The van der Waals surface area contributed by atoms with Gasteiger partial charge < -0.3 is 16.2 Å². The van der Waals surface area contributed by atoms with Crippen molar-refractivity contribution in [3.05, 3.63) is 23.8 Å². The Morgan fingerprint density at radius 1 is 1.31 bits per heavy atom. The lowest BCUT2D eigenvalue weighted by molar-refractivity contribution is 0.226. The highest BCUT2D eigenvalue weighted by molar-refractivity contribution is 5.54. The molecule has 1 aromatic carbocycles. The van der Waals surface area contributed by atoms with Gasteiger partial charge in [0.2, 0.25) is 0 Å². The minimum absolute atomic E-state index is 0.0448. The van der Waals surface area contributed by atoms with E-state index >= 15 is 0 Å². The van der Waals surface area contributed by atoms with E-state index in [9.17, 15) is 8.78 Å². The van der Waals surface area contributed by atoms with Crippen LogP contribution < -0.4 is 11.1 Å². The minimum atomic E-state index is -0.727. The van der Waals surface area contributed by atoms with E-state index in [4.69, 9.17) is 10.8 Å². The molecule has 4 N–H and O–H groups in total. The van der Waals surface area contributed by atoms with Gasteiger partial charge in [-0.15, -0.1) is 0 Å². The molecule has 0 aromatic heterocycles. The van der Waals surface area contributed by atoms with Crippen molar-refractivity contribution in [2.45, 2.75) is 19.9 Å². The van der Waals surface area contributed by atoms with Gasteiger partial charge in [0.25, 0.3) is 0 Å². The first-order valence-corrected chi connectivity index (χ1v) is 5.07. The summed E-state index contributed by atoms with van der Waals surface area (Å²) >= 11 is 0. The van der Waals surface area contributed by atoms with Gasteiger partial charge in [0.1, 0.15) is 5.69 Å². The highest BCUT2D eigenvalue weighted by Gasteiger charge is 2.16. The van der Waals surface area contributed by atoms with E-state index in [-0.39, 0.29) is 29.9 Å². The summed E-state index contributed by atoms with van der Waals surface area (Å²) in [5.41, 5.74) is 5.14. The molecule has 2 unspecified atom stereocenters. The topological polar surface area (TPSA) is 58.3 Å². The van der Waals surface area contributed by atoms with Crippen LogP contribution in [0.4, 0.5) is 20.2 Å². The number of nitrogens with one attached hydrogen (secondary N) is 1. The van der Waals surface area contributed by atoms with E-state index in [1.54, 1.807) is 13.8 Å². The molecule has 0 saturated heterocycles. The first kappa shape index (κ1) is 12.7. The molecule has 16 heavy (non-hydrogen) atoms. The van der Waals surface area contributed by atoms with Crippen LogP contribution in [0.5, 0.6) is 0 Å². The number of nitrogen functional groups attached to an aromatic ring is 1. The molecule has 1 rings (SSSR count). The second kappa shape index (κ2) is 5.12. The molecule has 0 aliphatic rings. The first-order chi connectivity index (χ1) is 7.45. The third-order valence-electron chi connectivity index (χ3n) is 2.58. The van der Waals surface area contributed by atoms with Crippen molar-refractivity contribution in [2.24, 2.45) is 5.92 Å². The van der Waals surface area contributed by atoms with Crippen LogP contribution in [0.25, 0.3) is 0 Å². The zero-order valence-corrected chi connectivity index (χ0v) is 9.30. The van der Waals surface area contributed by atoms with Crippen LogP contribution >= 0.6 is 0 Å². The highest BCUT2D eigenvalue weighted by Crippen LogP contribution is 2.23. The highest BCUT2D eigenvalue weighted by atomic mass is 19.1. The van der Waals surface area contributed by atoms with Crippen LogP contribution in [0.1, 0.15) is 13.8 Å². The second-order valence-electron chi connectivity index (χ2n) is 3.95. The van der Waals surface area contributed by atoms with E-state index in [0.29, 0.717) is 0 Å². The van der Waals surface area contributed by atoms with Crippen molar-refractivity contribution in [3.63, 3.8) is 0 Å². The Balaban J connectivity index is 2.89. The fourth-order valence-corrected chi connectivity index (χ4v) is 1.26. The van der Waals surface area contributed by atoms with E-state index in [0.717, 1.165) is 12.1 Å². The van der Waals surface area contributed by atoms with Gasteiger partial charge in [-0.05, 0) is 25.0 Å². The third-order valence-corrected chi connectivity index (χ3v) is 2.58. The minimum Gasteiger partial charge on any atom is -0.399 e. The summed E-state index contributed by atoms with van der Waals surface area (Å²) in [5, 5.41) is 11.6. The van der Waals surface area contributed by atoms with Gasteiger partial charge in [-0.1, -0.05) is 6.92 Å². The predicted molar refractivity (Wildman–Crippen MR) is 60.1 cm³/mol. The molecule has 0 aliphatic heterocycles. The normalized spacial score (nSPS) is 14.6. The zero-order valence-electron chi connectivity index (χ0n) is 9.30. The lowest BCUT2D eigenvalue weighted by Crippen LogP contribution is -2.27. The summed E-state index contributed by atoms with van der Waals surface area (Å²) in [4.78, 5) is 0. The molecule has 2 atom stereocenters. The van der Waals surface area contributed by atoms with Gasteiger partial charge in [-0.25, -0.2) is 8.78 Å². The Morgan fingerprint density at radius 2 is 1.81 bits per heavy atom. The second-order valence-corrected chi connectivity index (χ2v) is 3.95. The molecule has 0 radical (unpaired) electrons. The Kier molecular flexibility index (Phi) is 4.06. The van der Waals surface area contributed by atoms with E-state index in [1.165, 1.54) is 0 Å². The number of hydrogen-bond acceptors (Lipinski definition) is 3. The zero-order chi connectivity index (χ0) is 12.3. The lowest BCUT2D eigenvalue weighted by Gasteiger charge is -2.21. The van der Waals surface area contributed by atoms with Crippen molar-refractivity contribution in [1.29, 1.82) is 0 Å². The van der Waals surface area contributed by atoms with Crippen LogP contribution in [0, 0.1) is 17.6 Å². The Labute approximate surface area is 93.3 Å². The number of halogens is 2. The summed E-state index contributed by atoms with van der Waals surface area (Å²) < 4.78 is 26.8. The summed E-state index contributed by atoms with van der Waals surface area (Å²) in [6, 6.07) is 1.88. The van der Waals surface area contributed by atoms with Crippen LogP contribution in [-0.2, 0) is 0 Å². The molecule has 0 saturated carbocycles. The average Bonchev–Trinajstić information content (AvgIpc) is 2.21. The number of benzene rings is 1. The number of hydrogen-bond donors (Lipinski definition) is 3. The van der Waals surface area contributed by atoms with Crippen LogP contribution in [-0.4, -0.2) is 17.8 Å². The molecule has 0 spiro atoms. The van der Waals surface area contributed by atoms with Crippen molar-refractivity contribution >= 4 is 11.4 Å². The van der Waals surface area contributed by atoms with Gasteiger partial charge in [0.05, 0.1) is 0 Å². The molecule has 0 fully saturated rings. The summed E-state index contributed by atoms with van der Waals surface area (Å²) in [5.74, 6) is -1.56. The number of nitrogens with two attached hydrogens (primary N) is 1. The number of aliphatic hydroxyl groups excluding tert-OH is 1. The van der Waals surface area contributed by atoms with Gasteiger partial charge >= 0.3 is 0 Å². The maximum absolute atomic E-state index is 13.4. The molecule has 0 bridgehead atoms. The maximum atomic E-state index is 13.4. The quantitative estimate of drug-likeness (QED) is 0.693. The maximum Gasteiger partial charge on any atom is 0.151 e. The molecule has 0 aliphatic carbocycles. The van der Waals surface area contributed by atoms with Crippen molar-refractivity contribution in [1.82, 2.24) is 0 Å². The Hall–Kier alpha value is -1.36. The smallest absolute Gasteiger partial charge is 0.151 e. The fraction of sp³-hybridized carbons (Fsp3) is 0.455. The summed E-state index contributed by atoms with van der Waals surface area (Å²) in [7, 11) is 0. The van der Waals surface area contributed by atoms with Gasteiger partial charge in [0.15, 0.2) is 11.6 Å². The molecule has 90 valence electrons. The molecular weight excluding hydrogens is 214 g/mol. The summed E-state index contributed by atoms with van der Waals surface area (Å²) in [6.07, 6.45) is 0. The Morgan fingerprint density at radius 3 is 2.25 bits per heavy atom. The van der Waals surface area contributed by atoms with E-state index in [2.05, 4.69) is 5.32 Å². The summed E-state index contributed by atoms with van der Waals surface area (Å²) in [6.45, 7) is 3.48. The van der Waals surface area contributed by atoms with Crippen molar-refractivity contribution < 1.29 is 13.9 Å². The third kappa shape index (κ3) is 2.82. The van der Waals surface area contributed by atoms with Gasteiger partial charge in [-0.2, -0.15) is 0 Å². The predicted octanol–water partition coefficient (Wildman–Crippen LogP) is 1.98. The monoisotopic (exact) mass is 230 g/mol. The van der Waals surface area contributed by atoms with Crippen LogP contribution in [0.2, 0.25) is 0 Å². The SMILES string of the molecule is CC(CO)C(C)Nc1c(F)cc(N)cc1F. The van der Waals surface area contributed by atoms with Crippen LogP contribution in [0.15, 0.2) is 12.1 Å². The average molecular weight is 230 g/mol. The number of rotatable bonds is 4. The van der Waals surface area contributed by atoms with E-state index in [1.807, 2.05) is 0 Å². The fourth-order valence-electron chi connectivity index (χ4n) is 1.26. The van der Waals surface area contributed by atoms with Crippen molar-refractivity contribution in [2.75, 3.05) is 17.7 Å².